The Labute approximate surface area is 162 Å². The van der Waals surface area contributed by atoms with E-state index < -0.39 is 5.54 Å². The van der Waals surface area contributed by atoms with Crippen LogP contribution in [0.4, 0.5) is 0 Å². The van der Waals surface area contributed by atoms with Crippen LogP contribution in [-0.2, 0) is 5.54 Å². The molecule has 0 radical (unpaired) electrons. The number of halogens is 1. The Kier molecular flexibility index (Phi) is 5.32. The van der Waals surface area contributed by atoms with Crippen molar-refractivity contribution in [3.63, 3.8) is 0 Å². The first-order valence-corrected chi connectivity index (χ1v) is 9.27. The third kappa shape index (κ3) is 3.60. The lowest BCUT2D eigenvalue weighted by Gasteiger charge is -2.34. The minimum Gasteiger partial charge on any atom is -0.491 e. The maximum absolute atomic E-state index is 6.25. The molecular weight excluding hydrogens is 372 g/mol. The minimum atomic E-state index is -0.424. The largest absolute Gasteiger partial charge is 0.491 e. The van der Waals surface area contributed by atoms with Gasteiger partial charge in [0.15, 0.2) is 5.82 Å². The van der Waals surface area contributed by atoms with Crippen LogP contribution in [0.15, 0.2) is 34.2 Å². The van der Waals surface area contributed by atoms with Crippen LogP contribution in [0.5, 0.6) is 5.75 Å². The van der Waals surface area contributed by atoms with Gasteiger partial charge in [0.1, 0.15) is 16.5 Å². The Balaban J connectivity index is 0.00000196. The van der Waals surface area contributed by atoms with Gasteiger partial charge in [-0.3, -0.25) is 0 Å². The summed E-state index contributed by atoms with van der Waals surface area (Å²) in [5, 5.41) is 6.87. The summed E-state index contributed by atoms with van der Waals surface area (Å²) < 4.78 is 11.0. The van der Waals surface area contributed by atoms with Gasteiger partial charge in [0, 0.05) is 10.9 Å². The highest BCUT2D eigenvalue weighted by Crippen LogP contribution is 2.38. The van der Waals surface area contributed by atoms with Gasteiger partial charge < -0.3 is 15.0 Å². The fourth-order valence-electron chi connectivity index (χ4n) is 2.76. The Bertz CT molecular complexity index is 871. The molecule has 0 spiro atoms. The third-order valence-corrected chi connectivity index (χ3v) is 5.20. The molecule has 2 aromatic heterocycles. The van der Waals surface area contributed by atoms with E-state index in [4.69, 9.17) is 15.0 Å². The predicted octanol–water partition coefficient (Wildman–Crippen LogP) is 4.41. The highest BCUT2D eigenvalue weighted by molar-refractivity contribution is 7.13. The molecule has 0 aliphatic heterocycles. The molecule has 0 bridgehead atoms. The molecule has 3 aromatic rings. The number of ether oxygens (including phenoxy) is 1. The zero-order valence-electron chi connectivity index (χ0n) is 14.6. The summed E-state index contributed by atoms with van der Waals surface area (Å²) in [5.41, 5.74) is 7.54. The highest BCUT2D eigenvalue weighted by Gasteiger charge is 2.39. The Hall–Kier alpha value is -1.96. The Morgan fingerprint density at radius 3 is 2.54 bits per heavy atom. The Morgan fingerprint density at radius 2 is 1.92 bits per heavy atom. The summed E-state index contributed by atoms with van der Waals surface area (Å²) in [4.78, 5) is 9.07. The van der Waals surface area contributed by atoms with Gasteiger partial charge in [-0.2, -0.15) is 4.98 Å². The fourth-order valence-corrected chi connectivity index (χ4v) is 3.56. The molecule has 2 heterocycles. The van der Waals surface area contributed by atoms with Gasteiger partial charge in [0.25, 0.3) is 5.89 Å². The van der Waals surface area contributed by atoms with Crippen molar-refractivity contribution in [2.75, 3.05) is 0 Å². The number of hydrogen-bond donors (Lipinski definition) is 1. The summed E-state index contributed by atoms with van der Waals surface area (Å²) in [6.07, 6.45) is 3.07. The summed E-state index contributed by atoms with van der Waals surface area (Å²) in [7, 11) is 0. The van der Waals surface area contributed by atoms with Crippen LogP contribution in [0.25, 0.3) is 22.2 Å². The van der Waals surface area contributed by atoms with E-state index in [-0.39, 0.29) is 18.5 Å². The molecule has 0 atom stereocenters. The molecule has 1 fully saturated rings. The summed E-state index contributed by atoms with van der Waals surface area (Å²) in [5.74, 6) is 1.86. The second-order valence-electron chi connectivity index (χ2n) is 6.66. The first-order valence-electron chi connectivity index (χ1n) is 8.39. The van der Waals surface area contributed by atoms with Crippen LogP contribution in [-0.4, -0.2) is 21.2 Å². The van der Waals surface area contributed by atoms with Gasteiger partial charge >= 0.3 is 0 Å². The molecule has 0 unspecified atom stereocenters. The number of nitrogens with two attached hydrogens (primary N) is 1. The maximum atomic E-state index is 6.25. The molecule has 0 saturated heterocycles. The topological polar surface area (TPSA) is 87.1 Å². The summed E-state index contributed by atoms with van der Waals surface area (Å²) in [6, 6.07) is 7.91. The van der Waals surface area contributed by atoms with Gasteiger partial charge in [0.05, 0.1) is 11.6 Å². The van der Waals surface area contributed by atoms with Crippen molar-refractivity contribution in [3.8, 4) is 27.9 Å². The van der Waals surface area contributed by atoms with Crippen LogP contribution >= 0.6 is 23.7 Å². The van der Waals surface area contributed by atoms with E-state index in [1.54, 1.807) is 11.3 Å². The van der Waals surface area contributed by atoms with E-state index in [0.29, 0.717) is 17.4 Å². The lowest BCUT2D eigenvalue weighted by molar-refractivity contribution is 0.229. The summed E-state index contributed by atoms with van der Waals surface area (Å²) in [6.45, 7) is 4.02. The van der Waals surface area contributed by atoms with E-state index in [1.807, 2.05) is 43.5 Å². The maximum Gasteiger partial charge on any atom is 0.277 e. The number of rotatable bonds is 5. The average molecular weight is 393 g/mol. The first kappa shape index (κ1) is 18.8. The quantitative estimate of drug-likeness (QED) is 0.692. The zero-order valence-corrected chi connectivity index (χ0v) is 16.3. The minimum absolute atomic E-state index is 0. The molecule has 6 nitrogen and oxygen atoms in total. The molecule has 1 aliphatic rings. The fraction of sp³-hybridized carbons (Fsp3) is 0.389. The van der Waals surface area contributed by atoms with Crippen molar-refractivity contribution in [3.05, 3.63) is 35.5 Å². The van der Waals surface area contributed by atoms with E-state index in [0.717, 1.165) is 35.6 Å². The van der Waals surface area contributed by atoms with Gasteiger partial charge in [-0.25, -0.2) is 4.98 Å². The first-order chi connectivity index (χ1) is 12.0. The molecule has 0 amide bonds. The van der Waals surface area contributed by atoms with Gasteiger partial charge in [0.2, 0.25) is 0 Å². The third-order valence-electron chi connectivity index (χ3n) is 4.31. The van der Waals surface area contributed by atoms with E-state index in [2.05, 4.69) is 15.1 Å². The number of benzene rings is 1. The van der Waals surface area contributed by atoms with Gasteiger partial charge in [-0.05, 0) is 57.4 Å². The highest BCUT2D eigenvalue weighted by atomic mass is 35.5. The smallest absolute Gasteiger partial charge is 0.277 e. The molecule has 4 rings (SSSR count). The predicted molar refractivity (Wildman–Crippen MR) is 104 cm³/mol. The molecule has 1 aromatic carbocycles. The molecule has 2 N–H and O–H groups in total. The molecular formula is C18H21ClN4O2S. The average Bonchev–Trinajstić information content (AvgIpc) is 3.22. The molecule has 1 aliphatic carbocycles. The van der Waals surface area contributed by atoms with Gasteiger partial charge in [-0.1, -0.05) is 5.16 Å². The van der Waals surface area contributed by atoms with Crippen molar-refractivity contribution in [1.82, 2.24) is 15.1 Å². The molecule has 138 valence electrons. The van der Waals surface area contributed by atoms with Crippen LogP contribution in [0.3, 0.4) is 0 Å². The van der Waals surface area contributed by atoms with Crippen molar-refractivity contribution in [2.24, 2.45) is 5.73 Å². The number of hydrogen-bond acceptors (Lipinski definition) is 7. The normalized spacial score (nSPS) is 15.4. The SMILES string of the molecule is CC(C)Oc1ccc(-c2nc(-c3nc(C4(N)CCC4)no3)cs2)cc1.Cl. The van der Waals surface area contributed by atoms with Gasteiger partial charge in [-0.15, -0.1) is 23.7 Å². The lowest BCUT2D eigenvalue weighted by Crippen LogP contribution is -2.44. The van der Waals surface area contributed by atoms with Crippen molar-refractivity contribution in [2.45, 2.75) is 44.8 Å². The van der Waals surface area contributed by atoms with Crippen LogP contribution in [0, 0.1) is 0 Å². The second-order valence-corrected chi connectivity index (χ2v) is 7.52. The number of nitrogens with zero attached hydrogens (tertiary/aromatic N) is 3. The number of thiazole rings is 1. The zero-order chi connectivity index (χ0) is 17.4. The second kappa shape index (κ2) is 7.34. The lowest BCUT2D eigenvalue weighted by atomic mass is 9.77. The van der Waals surface area contributed by atoms with Crippen LogP contribution in [0.1, 0.15) is 38.9 Å². The van der Waals surface area contributed by atoms with E-state index >= 15 is 0 Å². The monoisotopic (exact) mass is 392 g/mol. The molecule has 26 heavy (non-hydrogen) atoms. The van der Waals surface area contributed by atoms with E-state index in [1.165, 1.54) is 0 Å². The van der Waals surface area contributed by atoms with E-state index in [9.17, 15) is 0 Å². The van der Waals surface area contributed by atoms with Crippen LogP contribution in [0.2, 0.25) is 0 Å². The van der Waals surface area contributed by atoms with Crippen molar-refractivity contribution in [1.29, 1.82) is 0 Å². The standard InChI is InChI=1S/C18H20N4O2S.ClH/c1-11(2)23-13-6-4-12(5-7-13)16-20-14(10-25-16)15-21-17(22-24-15)18(19)8-3-9-18;/h4-7,10-11H,3,8-9,19H2,1-2H3;1H. The number of aromatic nitrogens is 3. The Morgan fingerprint density at radius 1 is 1.19 bits per heavy atom. The van der Waals surface area contributed by atoms with Crippen molar-refractivity contribution >= 4 is 23.7 Å². The summed E-state index contributed by atoms with van der Waals surface area (Å²) >= 11 is 1.54. The molecule has 8 heteroatoms. The van der Waals surface area contributed by atoms with Crippen molar-refractivity contribution < 1.29 is 9.26 Å². The van der Waals surface area contributed by atoms with Crippen LogP contribution < -0.4 is 10.5 Å². The molecule has 1 saturated carbocycles.